The van der Waals surface area contributed by atoms with E-state index in [2.05, 4.69) is 41.5 Å². The summed E-state index contributed by atoms with van der Waals surface area (Å²) in [7, 11) is 0. The molecule has 0 aromatic heterocycles. The Balaban J connectivity index is 1.51. The second kappa shape index (κ2) is 7.68. The molecule has 4 saturated carbocycles. The molecule has 0 aromatic rings. The summed E-state index contributed by atoms with van der Waals surface area (Å²) in [4.78, 5) is 0. The maximum Gasteiger partial charge on any atom is 0.0865 e. The first-order valence-electron chi connectivity index (χ1n) is 14.4. The summed E-state index contributed by atoms with van der Waals surface area (Å²) in [5.74, 6) is 0.722. The van der Waals surface area contributed by atoms with Gasteiger partial charge in [-0.3, -0.25) is 0 Å². The van der Waals surface area contributed by atoms with Gasteiger partial charge in [0, 0.05) is 0 Å². The van der Waals surface area contributed by atoms with Gasteiger partial charge >= 0.3 is 0 Å². The van der Waals surface area contributed by atoms with Crippen LogP contribution in [0.2, 0.25) is 0 Å². The number of aliphatic hydroxyl groups excluding tert-OH is 3. The molecular weight excluding hydrogens is 440 g/mol. The Labute approximate surface area is 213 Å². The summed E-state index contributed by atoms with van der Waals surface area (Å²) in [5, 5.41) is 45.2. The van der Waals surface area contributed by atoms with Crippen molar-refractivity contribution in [1.82, 2.24) is 0 Å². The molecule has 202 valence electrons. The average Bonchev–Trinajstić information content (AvgIpc) is 3.30. The molecule has 1 saturated heterocycles. The average molecular weight is 493 g/mol. The molecule has 0 spiro atoms. The number of aliphatic hydroxyl groups is 4. The first-order chi connectivity index (χ1) is 15.9. The highest BCUT2D eigenvalue weighted by Crippen LogP contribution is 2.76. The maximum atomic E-state index is 11.9. The van der Waals surface area contributed by atoms with E-state index in [0.717, 1.165) is 51.4 Å². The van der Waals surface area contributed by atoms with Crippen LogP contribution in [-0.2, 0) is 4.74 Å². The van der Waals surface area contributed by atoms with Gasteiger partial charge in [0.05, 0.1) is 35.6 Å². The maximum absolute atomic E-state index is 11.9. The van der Waals surface area contributed by atoms with Crippen molar-refractivity contribution in [2.24, 2.45) is 45.3 Å². The number of hydrogen-bond acceptors (Lipinski definition) is 5. The normalized spacial score (nSPS) is 57.9. The minimum atomic E-state index is -0.864. The Morgan fingerprint density at radius 3 is 2.06 bits per heavy atom. The van der Waals surface area contributed by atoms with Crippen LogP contribution >= 0.6 is 0 Å². The van der Waals surface area contributed by atoms with Gasteiger partial charge in [-0.1, -0.05) is 34.6 Å². The van der Waals surface area contributed by atoms with Crippen LogP contribution in [0.1, 0.15) is 107 Å². The van der Waals surface area contributed by atoms with Crippen molar-refractivity contribution >= 4 is 0 Å². The van der Waals surface area contributed by atoms with Crippen LogP contribution in [0.15, 0.2) is 0 Å². The lowest BCUT2D eigenvalue weighted by Gasteiger charge is -2.71. The fourth-order valence-corrected chi connectivity index (χ4v) is 11.3. The highest BCUT2D eigenvalue weighted by atomic mass is 16.5. The van der Waals surface area contributed by atoms with E-state index in [4.69, 9.17) is 4.74 Å². The molecular formula is C30H52O5. The molecule has 0 radical (unpaired) electrons. The third-order valence-electron chi connectivity index (χ3n) is 13.1. The molecule has 4 N–H and O–H groups in total. The van der Waals surface area contributed by atoms with Gasteiger partial charge in [-0.2, -0.15) is 0 Å². The molecule has 0 unspecified atom stereocenters. The summed E-state index contributed by atoms with van der Waals surface area (Å²) in [6.45, 7) is 17.3. The van der Waals surface area contributed by atoms with E-state index >= 15 is 0 Å². The highest BCUT2D eigenvalue weighted by molar-refractivity contribution is 5.22. The number of hydrogen-bond donors (Lipinski definition) is 4. The Kier molecular flexibility index (Phi) is 5.80. The minimum Gasteiger partial charge on any atom is -0.393 e. The first kappa shape index (κ1) is 26.4. The lowest BCUT2D eigenvalue weighted by Crippen LogP contribution is -2.69. The van der Waals surface area contributed by atoms with E-state index in [9.17, 15) is 20.4 Å². The Bertz CT molecular complexity index is 850. The molecule has 5 fully saturated rings. The summed E-state index contributed by atoms with van der Waals surface area (Å²) in [5.41, 5.74) is -1.83. The standard InChI is InChI=1S/C30H52O5/c1-25(2)21(33)10-12-27(5)20-15-18(31)23-17(30(8)14-11-22(35-30)26(3,4)34)9-13-28(23,6)29(20,7)16-19(32)24(25)27/h17-24,31-34H,9-16H2,1-8H3/t17-,18+,19-,20+,21-,22+,23-,24-,27+,28+,29+,30-/m1/s1. The van der Waals surface area contributed by atoms with E-state index in [-0.39, 0.29) is 51.1 Å². The van der Waals surface area contributed by atoms with Crippen molar-refractivity contribution in [2.75, 3.05) is 0 Å². The van der Waals surface area contributed by atoms with E-state index in [1.807, 2.05) is 13.8 Å². The zero-order valence-corrected chi connectivity index (χ0v) is 23.5. The summed E-state index contributed by atoms with van der Waals surface area (Å²) in [6.07, 6.45) is 5.61. The smallest absolute Gasteiger partial charge is 0.0865 e. The van der Waals surface area contributed by atoms with Crippen LogP contribution in [0.4, 0.5) is 0 Å². The largest absolute Gasteiger partial charge is 0.393 e. The molecule has 1 heterocycles. The van der Waals surface area contributed by atoms with Crippen LogP contribution in [0.25, 0.3) is 0 Å². The van der Waals surface area contributed by atoms with Crippen LogP contribution in [0.5, 0.6) is 0 Å². The third-order valence-corrected chi connectivity index (χ3v) is 13.1. The fraction of sp³-hybridized carbons (Fsp3) is 1.00. The molecule has 1 aliphatic heterocycles. The Morgan fingerprint density at radius 1 is 0.800 bits per heavy atom. The monoisotopic (exact) mass is 492 g/mol. The van der Waals surface area contributed by atoms with Gasteiger partial charge in [0.1, 0.15) is 0 Å². The summed E-state index contributed by atoms with van der Waals surface area (Å²) in [6, 6.07) is 0. The van der Waals surface area contributed by atoms with Crippen LogP contribution < -0.4 is 0 Å². The Morgan fingerprint density at radius 2 is 1.46 bits per heavy atom. The quantitative estimate of drug-likeness (QED) is 0.449. The van der Waals surface area contributed by atoms with Crippen molar-refractivity contribution in [3.05, 3.63) is 0 Å². The third kappa shape index (κ3) is 3.36. The molecule has 0 bridgehead atoms. The zero-order chi connectivity index (χ0) is 26.0. The van der Waals surface area contributed by atoms with Crippen molar-refractivity contribution in [3.8, 4) is 0 Å². The van der Waals surface area contributed by atoms with Gasteiger partial charge in [-0.15, -0.1) is 0 Å². The molecule has 12 atom stereocenters. The van der Waals surface area contributed by atoms with Crippen LogP contribution in [0, 0.1) is 45.3 Å². The van der Waals surface area contributed by atoms with Crippen molar-refractivity contribution in [1.29, 1.82) is 0 Å². The van der Waals surface area contributed by atoms with Gasteiger partial charge in [0.2, 0.25) is 0 Å². The summed E-state index contributed by atoms with van der Waals surface area (Å²) >= 11 is 0. The number of rotatable bonds is 2. The second-order valence-corrected chi connectivity index (χ2v) is 15.6. The molecule has 0 aromatic carbocycles. The molecule has 35 heavy (non-hydrogen) atoms. The lowest BCUT2D eigenvalue weighted by atomic mass is 9.34. The first-order valence-corrected chi connectivity index (χ1v) is 14.4. The number of fused-ring (bicyclic) bond motifs is 5. The number of ether oxygens (including phenoxy) is 1. The van der Waals surface area contributed by atoms with Crippen LogP contribution in [0.3, 0.4) is 0 Å². The predicted molar refractivity (Wildman–Crippen MR) is 137 cm³/mol. The molecule has 4 aliphatic carbocycles. The van der Waals surface area contributed by atoms with Crippen molar-refractivity contribution < 1.29 is 25.2 Å². The van der Waals surface area contributed by atoms with Gasteiger partial charge in [-0.05, 0) is 117 Å². The summed E-state index contributed by atoms with van der Waals surface area (Å²) < 4.78 is 6.64. The molecule has 5 heteroatoms. The second-order valence-electron chi connectivity index (χ2n) is 15.6. The van der Waals surface area contributed by atoms with E-state index in [1.54, 1.807) is 0 Å². The van der Waals surface area contributed by atoms with Gasteiger partial charge in [-0.25, -0.2) is 0 Å². The highest BCUT2D eigenvalue weighted by Gasteiger charge is 2.73. The van der Waals surface area contributed by atoms with Gasteiger partial charge in [0.25, 0.3) is 0 Å². The molecule has 5 aliphatic rings. The van der Waals surface area contributed by atoms with Gasteiger partial charge < -0.3 is 25.2 Å². The predicted octanol–water partition coefficient (Wildman–Crippen LogP) is 4.68. The topological polar surface area (TPSA) is 90.2 Å². The van der Waals surface area contributed by atoms with E-state index in [1.165, 1.54) is 0 Å². The molecule has 5 rings (SSSR count). The molecule has 0 amide bonds. The van der Waals surface area contributed by atoms with Crippen molar-refractivity contribution in [2.45, 2.75) is 142 Å². The van der Waals surface area contributed by atoms with E-state index < -0.39 is 23.9 Å². The van der Waals surface area contributed by atoms with Crippen LogP contribution in [-0.4, -0.2) is 56.0 Å². The lowest BCUT2D eigenvalue weighted by molar-refractivity contribution is -0.275. The van der Waals surface area contributed by atoms with E-state index in [0.29, 0.717) is 5.92 Å². The fourth-order valence-electron chi connectivity index (χ4n) is 11.3. The minimum absolute atomic E-state index is 0.0320. The SMILES string of the molecule is CC(C)(O)[C@@H]1CC[C@](C)([C@@H]2CC[C@@]3(C)[C@H]2[C@@H](O)C[C@H]2[C@]4(C)CC[C@@H](O)C(C)(C)[C@H]4[C@H](O)C[C@@]23C)O1. The van der Waals surface area contributed by atoms with Gasteiger partial charge in [0.15, 0.2) is 0 Å². The Hall–Kier alpha value is -0.200. The zero-order valence-electron chi connectivity index (χ0n) is 23.5. The van der Waals surface area contributed by atoms with Crippen molar-refractivity contribution in [3.63, 3.8) is 0 Å². The molecule has 5 nitrogen and oxygen atoms in total.